The van der Waals surface area contributed by atoms with E-state index in [1.54, 1.807) is 0 Å². The average Bonchev–Trinajstić information content (AvgIpc) is 2.11. The van der Waals surface area contributed by atoms with E-state index in [1.165, 1.54) is 12.8 Å². The molecule has 0 aromatic carbocycles. The van der Waals surface area contributed by atoms with E-state index in [0.29, 0.717) is 12.1 Å². The molecule has 0 amide bonds. The normalized spacial score (nSPS) is 16.0. The third-order valence-corrected chi connectivity index (χ3v) is 2.34. The monoisotopic (exact) mass is 172 g/mol. The lowest BCUT2D eigenvalue weighted by Gasteiger charge is -2.14. The summed E-state index contributed by atoms with van der Waals surface area (Å²) in [5.41, 5.74) is 0. The van der Waals surface area contributed by atoms with Crippen LogP contribution in [0.3, 0.4) is 0 Å². The first-order valence-corrected chi connectivity index (χ1v) is 5.17. The Morgan fingerprint density at radius 2 is 1.17 bits per heavy atom. The maximum absolute atomic E-state index is 3.45. The molecule has 74 valence electrons. The third kappa shape index (κ3) is 6.62. The predicted molar refractivity (Wildman–Crippen MR) is 55.5 cm³/mol. The molecule has 0 fully saturated rings. The first-order valence-electron chi connectivity index (χ1n) is 5.17. The fourth-order valence-electron chi connectivity index (χ4n) is 0.926. The van der Waals surface area contributed by atoms with Crippen LogP contribution in [0.5, 0.6) is 0 Å². The Kier molecular flexibility index (Phi) is 7.51. The first-order chi connectivity index (χ1) is 5.70. The smallest absolute Gasteiger partial charge is 0.00793 e. The molecule has 0 aromatic rings. The highest BCUT2D eigenvalue weighted by Crippen LogP contribution is 1.87. The SMILES string of the molecule is CC[C@@H](C)NCCN[C@@H](C)CC. The van der Waals surface area contributed by atoms with E-state index in [2.05, 4.69) is 38.3 Å². The molecule has 0 rings (SSSR count). The average molecular weight is 172 g/mol. The summed E-state index contributed by atoms with van der Waals surface area (Å²) in [5.74, 6) is 0. The number of nitrogens with one attached hydrogen (secondary N) is 2. The second-order valence-corrected chi connectivity index (χ2v) is 3.53. The lowest BCUT2D eigenvalue weighted by molar-refractivity contribution is 0.481. The summed E-state index contributed by atoms with van der Waals surface area (Å²) in [6.45, 7) is 11.0. The molecule has 0 heterocycles. The Balaban J connectivity index is 3.10. The number of hydrogen-bond acceptors (Lipinski definition) is 2. The van der Waals surface area contributed by atoms with Crippen LogP contribution in [0, 0.1) is 0 Å². The van der Waals surface area contributed by atoms with Crippen molar-refractivity contribution in [2.75, 3.05) is 13.1 Å². The fraction of sp³-hybridized carbons (Fsp3) is 1.00. The molecule has 0 bridgehead atoms. The maximum atomic E-state index is 3.45. The molecule has 0 aliphatic carbocycles. The summed E-state index contributed by atoms with van der Waals surface area (Å²) in [6, 6.07) is 1.31. The van der Waals surface area contributed by atoms with Gasteiger partial charge in [0.15, 0.2) is 0 Å². The van der Waals surface area contributed by atoms with Crippen LogP contribution >= 0.6 is 0 Å². The van der Waals surface area contributed by atoms with Crippen LogP contribution in [-0.2, 0) is 0 Å². The van der Waals surface area contributed by atoms with Gasteiger partial charge >= 0.3 is 0 Å². The molecule has 2 atom stereocenters. The van der Waals surface area contributed by atoms with Gasteiger partial charge in [0.05, 0.1) is 0 Å². The highest BCUT2D eigenvalue weighted by molar-refractivity contribution is 4.62. The van der Waals surface area contributed by atoms with Gasteiger partial charge in [-0.3, -0.25) is 0 Å². The van der Waals surface area contributed by atoms with E-state index in [0.717, 1.165) is 13.1 Å². The van der Waals surface area contributed by atoms with Gasteiger partial charge in [-0.2, -0.15) is 0 Å². The molecule has 2 N–H and O–H groups in total. The molecule has 0 saturated heterocycles. The predicted octanol–water partition coefficient (Wildman–Crippen LogP) is 1.76. The fourth-order valence-corrected chi connectivity index (χ4v) is 0.926. The van der Waals surface area contributed by atoms with Crippen molar-refractivity contribution in [3.05, 3.63) is 0 Å². The van der Waals surface area contributed by atoms with Crippen LogP contribution in [0.2, 0.25) is 0 Å². The van der Waals surface area contributed by atoms with Gasteiger partial charge in [-0.1, -0.05) is 13.8 Å². The summed E-state index contributed by atoms with van der Waals surface area (Å²) in [7, 11) is 0. The summed E-state index contributed by atoms with van der Waals surface area (Å²) < 4.78 is 0. The van der Waals surface area contributed by atoms with E-state index >= 15 is 0 Å². The molecule has 0 saturated carbocycles. The summed E-state index contributed by atoms with van der Waals surface area (Å²) in [6.07, 6.45) is 2.42. The van der Waals surface area contributed by atoms with Gasteiger partial charge < -0.3 is 10.6 Å². The molecule has 0 aromatic heterocycles. The highest BCUT2D eigenvalue weighted by Gasteiger charge is 1.97. The van der Waals surface area contributed by atoms with E-state index < -0.39 is 0 Å². The maximum Gasteiger partial charge on any atom is 0.00793 e. The van der Waals surface area contributed by atoms with Gasteiger partial charge in [0.1, 0.15) is 0 Å². The first kappa shape index (κ1) is 11.9. The standard InChI is InChI=1S/C10H24N2/c1-5-9(3)11-7-8-12-10(4)6-2/h9-12H,5-8H2,1-4H3/t9-,10+. The van der Waals surface area contributed by atoms with E-state index in [4.69, 9.17) is 0 Å². The second-order valence-electron chi connectivity index (χ2n) is 3.53. The quantitative estimate of drug-likeness (QED) is 0.572. The molecule has 0 aliphatic rings. The minimum absolute atomic E-state index is 0.656. The van der Waals surface area contributed by atoms with Crippen LogP contribution in [0.15, 0.2) is 0 Å². The summed E-state index contributed by atoms with van der Waals surface area (Å²) >= 11 is 0. The Labute approximate surface area is 77.1 Å². The Morgan fingerprint density at radius 3 is 1.42 bits per heavy atom. The van der Waals surface area contributed by atoms with Crippen LogP contribution in [0.1, 0.15) is 40.5 Å². The number of hydrogen-bond donors (Lipinski definition) is 2. The summed E-state index contributed by atoms with van der Waals surface area (Å²) in [5, 5.41) is 6.90. The second kappa shape index (κ2) is 7.56. The van der Waals surface area contributed by atoms with Crippen molar-refractivity contribution < 1.29 is 0 Å². The van der Waals surface area contributed by atoms with Crippen LogP contribution in [0.25, 0.3) is 0 Å². The van der Waals surface area contributed by atoms with Gasteiger partial charge in [-0.05, 0) is 26.7 Å². The molecular formula is C10H24N2. The van der Waals surface area contributed by atoms with E-state index in [1.807, 2.05) is 0 Å². The minimum atomic E-state index is 0.656. The Bertz CT molecular complexity index is 81.8. The summed E-state index contributed by atoms with van der Waals surface area (Å²) in [4.78, 5) is 0. The van der Waals surface area contributed by atoms with Crippen molar-refractivity contribution in [2.45, 2.75) is 52.6 Å². The van der Waals surface area contributed by atoms with Crippen molar-refractivity contribution in [3.8, 4) is 0 Å². The largest absolute Gasteiger partial charge is 0.313 e. The van der Waals surface area contributed by atoms with Crippen molar-refractivity contribution in [1.29, 1.82) is 0 Å². The minimum Gasteiger partial charge on any atom is -0.313 e. The lowest BCUT2D eigenvalue weighted by Crippen LogP contribution is -2.36. The van der Waals surface area contributed by atoms with E-state index in [9.17, 15) is 0 Å². The van der Waals surface area contributed by atoms with Crippen LogP contribution in [0.4, 0.5) is 0 Å². The van der Waals surface area contributed by atoms with Gasteiger partial charge in [-0.25, -0.2) is 0 Å². The van der Waals surface area contributed by atoms with E-state index in [-0.39, 0.29) is 0 Å². The van der Waals surface area contributed by atoms with Crippen molar-refractivity contribution in [1.82, 2.24) is 10.6 Å². The number of rotatable bonds is 7. The molecule has 0 aliphatic heterocycles. The Morgan fingerprint density at radius 1 is 0.833 bits per heavy atom. The van der Waals surface area contributed by atoms with Crippen LogP contribution < -0.4 is 10.6 Å². The lowest BCUT2D eigenvalue weighted by atomic mass is 10.2. The van der Waals surface area contributed by atoms with Crippen molar-refractivity contribution in [2.24, 2.45) is 0 Å². The molecule has 2 nitrogen and oxygen atoms in total. The van der Waals surface area contributed by atoms with Crippen LogP contribution in [-0.4, -0.2) is 25.2 Å². The zero-order valence-electron chi connectivity index (χ0n) is 8.98. The van der Waals surface area contributed by atoms with Crippen molar-refractivity contribution >= 4 is 0 Å². The molecule has 12 heavy (non-hydrogen) atoms. The van der Waals surface area contributed by atoms with Gasteiger partial charge in [-0.15, -0.1) is 0 Å². The van der Waals surface area contributed by atoms with Crippen molar-refractivity contribution in [3.63, 3.8) is 0 Å². The highest BCUT2D eigenvalue weighted by atomic mass is 15.0. The molecule has 0 spiro atoms. The zero-order valence-corrected chi connectivity index (χ0v) is 8.98. The van der Waals surface area contributed by atoms with Gasteiger partial charge in [0, 0.05) is 25.2 Å². The van der Waals surface area contributed by atoms with Gasteiger partial charge in [0.2, 0.25) is 0 Å². The third-order valence-electron chi connectivity index (χ3n) is 2.34. The molecule has 2 heteroatoms. The topological polar surface area (TPSA) is 24.1 Å². The molecule has 0 unspecified atom stereocenters. The molecular weight excluding hydrogens is 148 g/mol. The Hall–Kier alpha value is -0.0800. The molecule has 0 radical (unpaired) electrons. The zero-order chi connectivity index (χ0) is 9.40. The van der Waals surface area contributed by atoms with Gasteiger partial charge in [0.25, 0.3) is 0 Å².